The van der Waals surface area contributed by atoms with Crippen molar-refractivity contribution in [1.29, 1.82) is 0 Å². The van der Waals surface area contributed by atoms with E-state index in [-0.39, 0.29) is 36.1 Å². The fourth-order valence-corrected chi connectivity index (χ4v) is 22.6. The average Bonchev–Trinajstić information content (AvgIpc) is 1.73. The number of piperidine rings is 2. The summed E-state index contributed by atoms with van der Waals surface area (Å²) in [7, 11) is 1.80. The summed E-state index contributed by atoms with van der Waals surface area (Å²) in [6.07, 6.45) is 20.2. The van der Waals surface area contributed by atoms with Gasteiger partial charge in [0.25, 0.3) is 0 Å². The molecule has 0 radical (unpaired) electrons. The quantitative estimate of drug-likeness (QED) is 0.0541. The van der Waals surface area contributed by atoms with Gasteiger partial charge in [-0.1, -0.05) is 19.3 Å². The van der Waals surface area contributed by atoms with Crippen LogP contribution in [0.5, 0.6) is 0 Å². The molecule has 622 valence electrons. The van der Waals surface area contributed by atoms with Gasteiger partial charge >= 0.3 is 0 Å². The normalized spacial score (nSPS) is 20.0. The molecular weight excluding hydrogens is 1600 g/mol. The first-order chi connectivity index (χ1) is 57.8. The Hall–Kier alpha value is -10.6. The van der Waals surface area contributed by atoms with Gasteiger partial charge in [-0.3, -0.25) is 30.4 Å². The van der Waals surface area contributed by atoms with Gasteiger partial charge in [-0.25, -0.2) is 24.9 Å². The van der Waals surface area contributed by atoms with E-state index in [2.05, 4.69) is 164 Å². The molecule has 15 aromatic heterocycles. The van der Waals surface area contributed by atoms with Gasteiger partial charge in [-0.2, -0.15) is 25.5 Å². The van der Waals surface area contributed by atoms with Crippen LogP contribution >= 0.6 is 56.7 Å². The molecule has 6 aliphatic rings. The van der Waals surface area contributed by atoms with Crippen molar-refractivity contribution in [1.82, 2.24) is 80.8 Å². The van der Waals surface area contributed by atoms with E-state index in [1.807, 2.05) is 66.7 Å². The number of aliphatic hydroxyl groups excluding tert-OH is 1. The second kappa shape index (κ2) is 35.4. The lowest BCUT2D eigenvalue weighted by atomic mass is 9.93. The molecule has 15 aromatic rings. The minimum atomic E-state index is -0.273. The fourth-order valence-electron chi connectivity index (χ4n) is 17.1. The Morgan fingerprint density at radius 3 is 0.975 bits per heavy atom. The molecule has 1 aliphatic carbocycles. The smallest absolute Gasteiger partial charge is 0.126 e. The van der Waals surface area contributed by atoms with E-state index >= 15 is 0 Å². The maximum absolute atomic E-state index is 9.94. The number of nitrogen functional groups attached to an aromatic ring is 5. The summed E-state index contributed by atoms with van der Waals surface area (Å²) in [5.74, 6) is 2.77. The predicted octanol–water partition coefficient (Wildman–Crippen LogP) is 15.0. The molecule has 0 amide bonds. The summed E-state index contributed by atoms with van der Waals surface area (Å²) < 4.78 is 23.2. The average molecular weight is 1700 g/mol. The largest absolute Gasteiger partial charge is 0.391 e. The number of nitrogens with two attached hydrogens (primary N) is 5. The molecule has 6 fully saturated rings. The van der Waals surface area contributed by atoms with Crippen LogP contribution in [0.1, 0.15) is 92.4 Å². The predicted molar refractivity (Wildman–Crippen MR) is 487 cm³/mol. The van der Waals surface area contributed by atoms with E-state index in [0.717, 1.165) is 215 Å². The van der Waals surface area contributed by atoms with Crippen molar-refractivity contribution in [2.45, 2.75) is 135 Å². The number of rotatable bonds is 12. The van der Waals surface area contributed by atoms with Gasteiger partial charge in [0.1, 0.15) is 29.1 Å². The first kappa shape index (κ1) is 80.8. The Balaban J connectivity index is 0.000000107. The number of hydrogen-bond acceptors (Lipinski definition) is 30. The minimum Gasteiger partial charge on any atom is -0.391 e. The van der Waals surface area contributed by atoms with Crippen molar-refractivity contribution < 1.29 is 19.3 Å². The van der Waals surface area contributed by atoms with Crippen LogP contribution in [-0.4, -0.2) is 214 Å². The highest BCUT2D eigenvalue weighted by atomic mass is 32.1. The second-order valence-corrected chi connectivity index (χ2v) is 37.1. The Bertz CT molecular complexity index is 5700. The van der Waals surface area contributed by atoms with Gasteiger partial charge in [-0.05, 0) is 134 Å². The van der Waals surface area contributed by atoms with Gasteiger partial charge in [0.15, 0.2) is 0 Å². The van der Waals surface area contributed by atoms with Gasteiger partial charge < -0.3 is 72.5 Å². The molecule has 5 atom stereocenters. The minimum absolute atomic E-state index is 0.0231. The Morgan fingerprint density at radius 1 is 0.378 bits per heavy atom. The monoisotopic (exact) mass is 1700 g/mol. The third-order valence-corrected chi connectivity index (χ3v) is 28.8. The number of aliphatic hydroxyl groups is 1. The highest BCUT2D eigenvalue weighted by Crippen LogP contribution is 2.46. The van der Waals surface area contributed by atoms with E-state index in [4.69, 9.17) is 42.9 Å². The molecule has 119 heavy (non-hydrogen) atoms. The standard InChI is InChI=1S/C20H26N6S.C17H21N5OS.2C16H19N5OS.C15H17N5OS/c21-19-13-17(20-16(23-19)12-18(27-20)15-6-7-22-24-15)26-10-8-25(9-11-26)14-4-2-1-3-5-14;1-17(23-2)4-7-22(8-5-17)13-10-15(18)20-12-9-14(24-16(12)13)11-3-6-19-21-11;2*1-9-7-21(8-10(2)22-9)13-6-15(17)19-12-5-14(23-16(12)13)11-3-4-18-20-11;16-14-7-12(20-5-1-2-9(21)8-20)15-11(18-14)6-13(22-15)10-3-4-17-19-10/h6-7,12-14H,1-5,8-11H2,(H2,21,23)(H,22,24);3,6,9-10H,4-5,7-8H2,1-2H3,(H2,18,20)(H,19,21);2*3-6,9-10H,7-8H2,1-2H3,(H2,17,19)(H,18,20);3-4,6-7,9,21H,1-2,5,8H2,(H2,16,18)(H,17,19)/t;;9-,10+;9-,10-;/m...0./s1. The number of nitrogens with one attached hydrogen (secondary N) is 5. The number of morpholine rings is 2. The van der Waals surface area contributed by atoms with Crippen molar-refractivity contribution in [3.8, 4) is 52.9 Å². The summed E-state index contributed by atoms with van der Waals surface area (Å²) in [4.78, 5) is 42.6. The Kier molecular flexibility index (Phi) is 24.0. The van der Waals surface area contributed by atoms with Crippen molar-refractivity contribution in [3.05, 3.63) is 122 Å². The number of ether oxygens (including phenoxy) is 3. The third-order valence-electron chi connectivity index (χ3n) is 22.9. The maximum atomic E-state index is 9.94. The molecule has 0 aromatic carbocycles. The maximum Gasteiger partial charge on any atom is 0.126 e. The van der Waals surface area contributed by atoms with Gasteiger partial charge in [-0.15, -0.1) is 56.7 Å². The molecule has 0 spiro atoms. The molecule has 20 heterocycles. The van der Waals surface area contributed by atoms with E-state index in [1.165, 1.54) is 52.9 Å². The summed E-state index contributed by atoms with van der Waals surface area (Å²) >= 11 is 8.60. The number of anilines is 10. The summed E-state index contributed by atoms with van der Waals surface area (Å²) in [5.41, 5.74) is 45.7. The second-order valence-electron chi connectivity index (χ2n) is 31.8. The van der Waals surface area contributed by atoms with Crippen molar-refractivity contribution >= 4 is 165 Å². The summed E-state index contributed by atoms with van der Waals surface area (Å²) in [6.45, 7) is 22.0. The van der Waals surface area contributed by atoms with Gasteiger partial charge in [0.05, 0.1) is 168 Å². The fraction of sp³-hybridized carbons (Fsp3) is 0.405. The first-order valence-corrected chi connectivity index (χ1v) is 44.9. The van der Waals surface area contributed by atoms with E-state index < -0.39 is 0 Å². The number of aromatic nitrogens is 15. The lowest BCUT2D eigenvalue weighted by Crippen LogP contribution is -2.50. The van der Waals surface area contributed by atoms with Crippen LogP contribution < -0.4 is 53.2 Å². The van der Waals surface area contributed by atoms with Crippen LogP contribution in [0, 0.1) is 0 Å². The molecule has 16 N–H and O–H groups in total. The van der Waals surface area contributed by atoms with E-state index in [1.54, 1.807) is 94.8 Å². The van der Waals surface area contributed by atoms with E-state index in [0.29, 0.717) is 35.6 Å². The van der Waals surface area contributed by atoms with Crippen molar-refractivity contribution in [2.24, 2.45) is 0 Å². The molecule has 1 unspecified atom stereocenters. The molecule has 5 aliphatic heterocycles. The van der Waals surface area contributed by atoms with Crippen molar-refractivity contribution in [3.63, 3.8) is 0 Å². The number of nitrogens with zero attached hydrogens (tertiary/aromatic N) is 16. The van der Waals surface area contributed by atoms with Crippen LogP contribution in [-0.2, 0) is 14.2 Å². The number of hydrogen-bond donors (Lipinski definition) is 11. The molecule has 35 heteroatoms. The number of thiophene rings is 5. The molecule has 5 saturated heterocycles. The number of pyridine rings is 5. The highest BCUT2D eigenvalue weighted by molar-refractivity contribution is 7.24. The number of β-amino-alcohol motifs (C(OH)–C–C–N with tert-alkyl or cyclic N) is 1. The summed E-state index contributed by atoms with van der Waals surface area (Å²) in [6, 6.07) is 30.9. The first-order valence-electron chi connectivity index (χ1n) is 40.8. The number of fused-ring (bicyclic) bond motifs is 5. The SMILES string of the molecule is COC1(C)CCN(c2cc(N)nc3cc(-c4ccn[nH]4)sc23)CC1.C[C@@H]1CN(c2cc(N)nc3cc(-c4ccn[nH]4)sc23)C[C@H](C)O1.C[C@H]1CN(c2cc(N)nc3cc(-c4ccn[nH]4)sc23)C[C@H](C)O1.Nc1cc(N2CCCC(O)C2)c2sc(-c3ccn[nH]3)cc2n1.Nc1cc(N2CCN(C3CCCCC3)CC2)c2sc(-c3ccn[nH]3)cc2n1. The van der Waals surface area contributed by atoms with Gasteiger partial charge in [0.2, 0.25) is 0 Å². The topological polar surface area (TPSA) is 405 Å². The molecule has 30 nitrogen and oxygen atoms in total. The zero-order valence-electron chi connectivity index (χ0n) is 67.6. The molecular formula is C84H102N26O4S5. The van der Waals surface area contributed by atoms with Crippen LogP contribution in [0.25, 0.3) is 104 Å². The third kappa shape index (κ3) is 18.3. The van der Waals surface area contributed by atoms with Crippen LogP contribution in [0.3, 0.4) is 0 Å². The Morgan fingerprint density at radius 2 is 0.681 bits per heavy atom. The molecule has 21 rings (SSSR count). The lowest BCUT2D eigenvalue weighted by molar-refractivity contribution is -0.0132. The van der Waals surface area contributed by atoms with Crippen molar-refractivity contribution in [2.75, 3.05) is 139 Å². The highest BCUT2D eigenvalue weighted by Gasteiger charge is 2.34. The zero-order chi connectivity index (χ0) is 82.0. The van der Waals surface area contributed by atoms with Gasteiger partial charge in [0, 0.05) is 153 Å². The van der Waals surface area contributed by atoms with E-state index in [9.17, 15) is 5.11 Å². The van der Waals surface area contributed by atoms with Crippen LogP contribution in [0.4, 0.5) is 57.5 Å². The van der Waals surface area contributed by atoms with Crippen LogP contribution in [0.15, 0.2) is 122 Å². The number of methoxy groups -OCH3 is 1. The number of aromatic amines is 5. The number of H-pyrrole nitrogens is 5. The van der Waals surface area contributed by atoms with Crippen LogP contribution in [0.2, 0.25) is 0 Å². The molecule has 0 bridgehead atoms. The number of piperazine rings is 1. The Labute approximate surface area is 708 Å². The summed E-state index contributed by atoms with van der Waals surface area (Å²) in [5, 5.41) is 45.2. The zero-order valence-corrected chi connectivity index (χ0v) is 71.7. The lowest BCUT2D eigenvalue weighted by Gasteiger charge is -2.41. The molecule has 1 saturated carbocycles.